The molecule has 3 nitrogen and oxygen atoms in total. The summed E-state index contributed by atoms with van der Waals surface area (Å²) in [5, 5.41) is 4.93. The van der Waals surface area contributed by atoms with Crippen molar-refractivity contribution in [3.63, 3.8) is 0 Å². The lowest BCUT2D eigenvalue weighted by Crippen LogP contribution is -1.97. The quantitative estimate of drug-likeness (QED) is 0.184. The highest BCUT2D eigenvalue weighted by atomic mass is 15.1. The van der Waals surface area contributed by atoms with E-state index >= 15 is 0 Å². The summed E-state index contributed by atoms with van der Waals surface area (Å²) in [6, 6.07) is 65.3. The molecule has 234 valence electrons. The summed E-state index contributed by atoms with van der Waals surface area (Å²) >= 11 is 0. The van der Waals surface area contributed by atoms with E-state index < -0.39 is 0 Å². The molecule has 3 aromatic heterocycles. The van der Waals surface area contributed by atoms with E-state index in [2.05, 4.69) is 191 Å². The van der Waals surface area contributed by atoms with E-state index in [1.807, 2.05) is 6.20 Å². The number of fused-ring (bicyclic) bond motifs is 6. The van der Waals surface area contributed by atoms with Crippen LogP contribution in [0.1, 0.15) is 0 Å². The molecular formula is C47H31N3. The highest BCUT2D eigenvalue weighted by Gasteiger charge is 2.17. The van der Waals surface area contributed by atoms with Gasteiger partial charge in [0.1, 0.15) is 5.82 Å². The number of rotatable bonds is 5. The Labute approximate surface area is 290 Å². The topological polar surface area (TPSA) is 22.8 Å². The fraction of sp³-hybridized carbons (Fsp3) is 0. The molecule has 0 radical (unpaired) electrons. The van der Waals surface area contributed by atoms with Crippen molar-refractivity contribution < 1.29 is 0 Å². The second kappa shape index (κ2) is 11.5. The second-order valence-corrected chi connectivity index (χ2v) is 12.9. The first-order chi connectivity index (χ1) is 24.8. The summed E-state index contributed by atoms with van der Waals surface area (Å²) in [4.78, 5) is 4.92. The average Bonchev–Trinajstić information content (AvgIpc) is 3.71. The van der Waals surface area contributed by atoms with Gasteiger partial charge in [-0.05, 0) is 100 Å². The number of pyridine rings is 1. The standard InChI is InChI=1S/C47H31N3/c1-3-12-32(13-4-1)33-14-11-15-34(28-33)37-26-27-48-47(31-37)50-44-21-10-8-19-40(44)42-30-36(23-25-46(42)50)35-22-24-45-41(29-35)39-18-7-9-20-43(39)49(45)38-16-5-2-6-17-38/h1-31H. The van der Waals surface area contributed by atoms with Crippen molar-refractivity contribution in [2.45, 2.75) is 0 Å². The fourth-order valence-electron chi connectivity index (χ4n) is 7.64. The molecule has 0 atom stereocenters. The van der Waals surface area contributed by atoms with Gasteiger partial charge in [0.2, 0.25) is 0 Å². The largest absolute Gasteiger partial charge is 0.309 e. The Morgan fingerprint density at radius 3 is 1.46 bits per heavy atom. The first-order valence-corrected chi connectivity index (χ1v) is 17.0. The van der Waals surface area contributed by atoms with Gasteiger partial charge in [0.25, 0.3) is 0 Å². The maximum absolute atomic E-state index is 4.92. The maximum atomic E-state index is 4.92. The van der Waals surface area contributed by atoms with Gasteiger partial charge in [-0.15, -0.1) is 0 Å². The highest BCUT2D eigenvalue weighted by Crippen LogP contribution is 2.38. The molecule has 50 heavy (non-hydrogen) atoms. The zero-order valence-electron chi connectivity index (χ0n) is 27.2. The summed E-state index contributed by atoms with van der Waals surface area (Å²) in [5.74, 6) is 0.904. The Morgan fingerprint density at radius 2 is 0.780 bits per heavy atom. The van der Waals surface area contributed by atoms with Crippen LogP contribution in [0, 0.1) is 0 Å². The molecule has 3 heteroatoms. The molecule has 0 unspecified atom stereocenters. The van der Waals surface area contributed by atoms with Gasteiger partial charge < -0.3 is 4.57 Å². The Balaban J connectivity index is 1.10. The first-order valence-electron chi connectivity index (χ1n) is 17.0. The Kier molecular flexibility index (Phi) is 6.49. The molecule has 0 aliphatic heterocycles. The Morgan fingerprint density at radius 1 is 0.300 bits per heavy atom. The van der Waals surface area contributed by atoms with Gasteiger partial charge in [-0.25, -0.2) is 4.98 Å². The normalized spacial score (nSPS) is 11.6. The third kappa shape index (κ3) is 4.56. The molecule has 0 saturated carbocycles. The molecule has 0 spiro atoms. The number of para-hydroxylation sites is 3. The number of hydrogen-bond donors (Lipinski definition) is 0. The molecule has 0 amide bonds. The van der Waals surface area contributed by atoms with Crippen molar-refractivity contribution in [3.8, 4) is 44.9 Å². The number of hydrogen-bond acceptors (Lipinski definition) is 1. The van der Waals surface area contributed by atoms with Crippen LogP contribution in [0.5, 0.6) is 0 Å². The van der Waals surface area contributed by atoms with Gasteiger partial charge in [0, 0.05) is 33.4 Å². The van der Waals surface area contributed by atoms with Gasteiger partial charge in [-0.2, -0.15) is 0 Å². The van der Waals surface area contributed by atoms with Gasteiger partial charge >= 0.3 is 0 Å². The van der Waals surface area contributed by atoms with Crippen LogP contribution < -0.4 is 0 Å². The summed E-state index contributed by atoms with van der Waals surface area (Å²) in [6.07, 6.45) is 1.93. The van der Waals surface area contributed by atoms with Crippen molar-refractivity contribution in [1.29, 1.82) is 0 Å². The third-order valence-corrected chi connectivity index (χ3v) is 9.97. The van der Waals surface area contributed by atoms with E-state index in [1.165, 1.54) is 66.1 Å². The van der Waals surface area contributed by atoms with Crippen LogP contribution in [0.3, 0.4) is 0 Å². The molecule has 0 aliphatic rings. The molecule has 3 heterocycles. The van der Waals surface area contributed by atoms with Gasteiger partial charge in [-0.1, -0.05) is 115 Å². The smallest absolute Gasteiger partial charge is 0.138 e. The van der Waals surface area contributed by atoms with Crippen LogP contribution in [0.2, 0.25) is 0 Å². The zero-order chi connectivity index (χ0) is 33.0. The fourth-order valence-corrected chi connectivity index (χ4v) is 7.64. The minimum Gasteiger partial charge on any atom is -0.309 e. The predicted molar refractivity (Wildman–Crippen MR) is 209 cm³/mol. The van der Waals surface area contributed by atoms with Crippen LogP contribution in [-0.4, -0.2) is 14.1 Å². The van der Waals surface area contributed by atoms with E-state index in [-0.39, 0.29) is 0 Å². The molecule has 0 bridgehead atoms. The minimum absolute atomic E-state index is 0.904. The van der Waals surface area contributed by atoms with Crippen LogP contribution in [0.15, 0.2) is 188 Å². The van der Waals surface area contributed by atoms with Crippen molar-refractivity contribution in [2.24, 2.45) is 0 Å². The lowest BCUT2D eigenvalue weighted by Gasteiger charge is -2.11. The Bertz CT molecular complexity index is 2860. The Hall–Kier alpha value is -6.71. The predicted octanol–water partition coefficient (Wildman–Crippen LogP) is 12.3. The number of nitrogens with zero attached hydrogens (tertiary/aromatic N) is 3. The van der Waals surface area contributed by atoms with Crippen molar-refractivity contribution in [3.05, 3.63) is 188 Å². The molecular weight excluding hydrogens is 607 g/mol. The molecule has 7 aromatic carbocycles. The van der Waals surface area contributed by atoms with Crippen molar-refractivity contribution in [1.82, 2.24) is 14.1 Å². The van der Waals surface area contributed by atoms with E-state index in [4.69, 9.17) is 4.98 Å². The molecule has 10 aromatic rings. The first kappa shape index (κ1) is 28.3. The van der Waals surface area contributed by atoms with E-state index in [1.54, 1.807) is 0 Å². The molecule has 0 saturated heterocycles. The number of benzene rings is 7. The van der Waals surface area contributed by atoms with E-state index in [0.717, 1.165) is 22.4 Å². The third-order valence-electron chi connectivity index (χ3n) is 9.97. The SMILES string of the molecule is c1ccc(-c2cccc(-c3ccnc(-n4c5ccccc5c5cc(-c6ccc7c(c6)c6ccccc6n7-c6ccccc6)ccc54)c3)c2)cc1. The lowest BCUT2D eigenvalue weighted by atomic mass is 9.99. The average molecular weight is 638 g/mol. The van der Waals surface area contributed by atoms with Crippen LogP contribution in [-0.2, 0) is 0 Å². The van der Waals surface area contributed by atoms with E-state index in [9.17, 15) is 0 Å². The van der Waals surface area contributed by atoms with Crippen LogP contribution >= 0.6 is 0 Å². The van der Waals surface area contributed by atoms with Crippen LogP contribution in [0.25, 0.3) is 88.5 Å². The molecule has 0 aliphatic carbocycles. The van der Waals surface area contributed by atoms with Crippen molar-refractivity contribution in [2.75, 3.05) is 0 Å². The molecule has 0 N–H and O–H groups in total. The maximum Gasteiger partial charge on any atom is 0.138 e. The summed E-state index contributed by atoms with van der Waals surface area (Å²) < 4.78 is 4.67. The van der Waals surface area contributed by atoms with Gasteiger partial charge in [0.15, 0.2) is 0 Å². The monoisotopic (exact) mass is 637 g/mol. The highest BCUT2D eigenvalue weighted by molar-refractivity contribution is 6.12. The lowest BCUT2D eigenvalue weighted by molar-refractivity contribution is 1.08. The summed E-state index contributed by atoms with van der Waals surface area (Å²) in [5.41, 5.74) is 13.0. The van der Waals surface area contributed by atoms with E-state index in [0.29, 0.717) is 0 Å². The van der Waals surface area contributed by atoms with Crippen molar-refractivity contribution >= 4 is 43.6 Å². The summed E-state index contributed by atoms with van der Waals surface area (Å²) in [7, 11) is 0. The van der Waals surface area contributed by atoms with Crippen LogP contribution in [0.4, 0.5) is 0 Å². The molecule has 0 fully saturated rings. The van der Waals surface area contributed by atoms with Gasteiger partial charge in [-0.3, -0.25) is 4.57 Å². The second-order valence-electron chi connectivity index (χ2n) is 12.9. The van der Waals surface area contributed by atoms with Gasteiger partial charge in [0.05, 0.1) is 22.1 Å². The summed E-state index contributed by atoms with van der Waals surface area (Å²) in [6.45, 7) is 0. The number of aromatic nitrogens is 3. The minimum atomic E-state index is 0.904. The zero-order valence-corrected chi connectivity index (χ0v) is 27.2. The molecule has 10 rings (SSSR count).